The minimum atomic E-state index is 0.353. The molecule has 0 saturated heterocycles. The van der Waals surface area contributed by atoms with Crippen LogP contribution in [-0.4, -0.2) is 25.1 Å². The van der Waals surface area contributed by atoms with Gasteiger partial charge in [-0.1, -0.05) is 11.8 Å². The van der Waals surface area contributed by atoms with Gasteiger partial charge in [-0.05, 0) is 48.2 Å². The number of hydrogen-bond acceptors (Lipinski definition) is 4. The molecule has 0 unspecified atom stereocenters. The maximum atomic E-state index is 10.8. The van der Waals surface area contributed by atoms with E-state index in [2.05, 4.69) is 23.7 Å². The second kappa shape index (κ2) is 8.03. The van der Waals surface area contributed by atoms with Crippen molar-refractivity contribution in [2.45, 2.75) is 0 Å². The molecule has 0 N–H and O–H groups in total. The Kier molecular flexibility index (Phi) is 5.55. The van der Waals surface area contributed by atoms with Gasteiger partial charge in [-0.3, -0.25) is 19.2 Å². The first-order chi connectivity index (χ1) is 11.7. The number of carbonyl (C=O) groups excluding carboxylic acids is 4. The van der Waals surface area contributed by atoms with Gasteiger partial charge in [0.2, 0.25) is 0 Å². The maximum Gasteiger partial charge on any atom is 0.150 e. The van der Waals surface area contributed by atoms with Crippen molar-refractivity contribution in [1.29, 1.82) is 0 Å². The summed E-state index contributed by atoms with van der Waals surface area (Å²) in [7, 11) is 0. The van der Waals surface area contributed by atoms with Gasteiger partial charge in [-0.2, -0.15) is 0 Å². The van der Waals surface area contributed by atoms with E-state index in [1.807, 2.05) is 0 Å². The molecule has 0 heterocycles. The molecule has 0 aliphatic heterocycles. The third kappa shape index (κ3) is 4.37. The highest BCUT2D eigenvalue weighted by Crippen LogP contribution is 2.07. The molecular formula is C20H10O4. The summed E-state index contributed by atoms with van der Waals surface area (Å²) in [6.07, 6.45) is 2.54. The van der Waals surface area contributed by atoms with E-state index < -0.39 is 0 Å². The van der Waals surface area contributed by atoms with E-state index in [4.69, 9.17) is 0 Å². The van der Waals surface area contributed by atoms with Crippen LogP contribution < -0.4 is 0 Å². The summed E-state index contributed by atoms with van der Waals surface area (Å²) in [5.74, 6) is 10.7. The molecule has 2 aromatic rings. The predicted molar refractivity (Wildman–Crippen MR) is 88.2 cm³/mol. The molecule has 0 aliphatic rings. The van der Waals surface area contributed by atoms with Crippen LogP contribution in [0, 0.1) is 23.7 Å². The molecule has 2 rings (SSSR count). The summed E-state index contributed by atoms with van der Waals surface area (Å²) < 4.78 is 0. The second-order valence-electron chi connectivity index (χ2n) is 4.75. The highest BCUT2D eigenvalue weighted by molar-refractivity contribution is 5.84. The van der Waals surface area contributed by atoms with E-state index in [9.17, 15) is 19.2 Å². The fourth-order valence-electron chi connectivity index (χ4n) is 1.98. The summed E-state index contributed by atoms with van der Waals surface area (Å²) in [5.41, 5.74) is 2.40. The standard InChI is InChI=1S/C20H10O4/c21-11-17-5-15(6-18(9-17)12-22)3-1-2-4-16-7-19(13-23)10-20(8-16)14-24/h5-14H. The van der Waals surface area contributed by atoms with Gasteiger partial charge in [0.15, 0.2) is 0 Å². The third-order valence-corrected chi connectivity index (χ3v) is 2.98. The van der Waals surface area contributed by atoms with Crippen LogP contribution in [-0.2, 0) is 0 Å². The minimum Gasteiger partial charge on any atom is -0.298 e. The average Bonchev–Trinajstić information content (AvgIpc) is 2.64. The normalized spacial score (nSPS) is 8.83. The molecule has 24 heavy (non-hydrogen) atoms. The Balaban J connectivity index is 2.30. The van der Waals surface area contributed by atoms with Gasteiger partial charge < -0.3 is 0 Å². The highest BCUT2D eigenvalue weighted by Gasteiger charge is 1.98. The fraction of sp³-hybridized carbons (Fsp3) is 0. The smallest absolute Gasteiger partial charge is 0.150 e. The minimum absolute atomic E-state index is 0.353. The van der Waals surface area contributed by atoms with Crippen LogP contribution in [0.2, 0.25) is 0 Å². The van der Waals surface area contributed by atoms with Crippen molar-refractivity contribution in [3.63, 3.8) is 0 Å². The zero-order chi connectivity index (χ0) is 17.4. The van der Waals surface area contributed by atoms with Crippen molar-refractivity contribution in [3.8, 4) is 23.7 Å². The Labute approximate surface area is 138 Å². The van der Waals surface area contributed by atoms with Gasteiger partial charge in [0, 0.05) is 33.4 Å². The van der Waals surface area contributed by atoms with E-state index in [-0.39, 0.29) is 0 Å². The summed E-state index contributed by atoms with van der Waals surface area (Å²) in [5, 5.41) is 0. The van der Waals surface area contributed by atoms with Gasteiger partial charge >= 0.3 is 0 Å². The first-order valence-electron chi connectivity index (χ1n) is 6.81. The van der Waals surface area contributed by atoms with Gasteiger partial charge in [0.1, 0.15) is 25.1 Å². The lowest BCUT2D eigenvalue weighted by Gasteiger charge is -1.95. The molecule has 0 spiro atoms. The fourth-order valence-corrected chi connectivity index (χ4v) is 1.98. The Bertz CT molecular complexity index is 815. The summed E-state index contributed by atoms with van der Waals surface area (Å²) in [6, 6.07) is 9.11. The molecule has 0 atom stereocenters. The number of benzene rings is 2. The Morgan fingerprint density at radius 2 is 0.792 bits per heavy atom. The van der Waals surface area contributed by atoms with Gasteiger partial charge in [-0.15, -0.1) is 0 Å². The monoisotopic (exact) mass is 314 g/mol. The first kappa shape index (κ1) is 16.6. The van der Waals surface area contributed by atoms with Crippen molar-refractivity contribution in [3.05, 3.63) is 69.8 Å². The molecule has 4 nitrogen and oxygen atoms in total. The zero-order valence-corrected chi connectivity index (χ0v) is 12.4. The van der Waals surface area contributed by atoms with Crippen molar-refractivity contribution < 1.29 is 19.2 Å². The van der Waals surface area contributed by atoms with Gasteiger partial charge in [-0.25, -0.2) is 0 Å². The second-order valence-corrected chi connectivity index (χ2v) is 4.75. The Hall–Kier alpha value is -3.76. The Morgan fingerprint density at radius 1 is 0.500 bits per heavy atom. The van der Waals surface area contributed by atoms with Gasteiger partial charge in [0.25, 0.3) is 0 Å². The highest BCUT2D eigenvalue weighted by atomic mass is 16.1. The first-order valence-corrected chi connectivity index (χ1v) is 6.81. The molecule has 0 aliphatic carbocycles. The molecule has 2 aromatic carbocycles. The van der Waals surface area contributed by atoms with Crippen molar-refractivity contribution in [1.82, 2.24) is 0 Å². The molecule has 0 saturated carbocycles. The number of aldehydes is 4. The summed E-state index contributed by atoms with van der Waals surface area (Å²) in [4.78, 5) is 43.3. The van der Waals surface area contributed by atoms with E-state index in [1.54, 1.807) is 24.3 Å². The van der Waals surface area contributed by atoms with E-state index in [0.717, 1.165) is 0 Å². The van der Waals surface area contributed by atoms with Crippen LogP contribution in [0.15, 0.2) is 36.4 Å². The molecular weight excluding hydrogens is 304 g/mol. The topological polar surface area (TPSA) is 68.3 Å². The Morgan fingerprint density at radius 3 is 1.04 bits per heavy atom. The van der Waals surface area contributed by atoms with E-state index in [1.165, 1.54) is 12.1 Å². The quantitative estimate of drug-likeness (QED) is 0.641. The molecule has 0 radical (unpaired) electrons. The van der Waals surface area contributed by atoms with Crippen LogP contribution in [0.5, 0.6) is 0 Å². The van der Waals surface area contributed by atoms with Crippen LogP contribution in [0.1, 0.15) is 52.6 Å². The largest absolute Gasteiger partial charge is 0.298 e. The zero-order valence-electron chi connectivity index (χ0n) is 12.4. The van der Waals surface area contributed by atoms with Crippen molar-refractivity contribution in [2.24, 2.45) is 0 Å². The molecule has 0 bridgehead atoms. The summed E-state index contributed by atoms with van der Waals surface area (Å²) in [6.45, 7) is 0. The van der Waals surface area contributed by atoms with Crippen LogP contribution >= 0.6 is 0 Å². The summed E-state index contributed by atoms with van der Waals surface area (Å²) >= 11 is 0. The lowest BCUT2D eigenvalue weighted by Crippen LogP contribution is -1.88. The molecule has 0 aromatic heterocycles. The number of hydrogen-bond donors (Lipinski definition) is 0. The lowest BCUT2D eigenvalue weighted by molar-refractivity contribution is 0.111. The molecule has 114 valence electrons. The van der Waals surface area contributed by atoms with E-state index >= 15 is 0 Å². The SMILES string of the molecule is O=Cc1cc(C#CC#Cc2cc(C=O)cc(C=O)c2)cc(C=O)c1. The van der Waals surface area contributed by atoms with Crippen LogP contribution in [0.25, 0.3) is 0 Å². The van der Waals surface area contributed by atoms with Crippen molar-refractivity contribution in [2.75, 3.05) is 0 Å². The van der Waals surface area contributed by atoms with Gasteiger partial charge in [0.05, 0.1) is 0 Å². The van der Waals surface area contributed by atoms with Crippen molar-refractivity contribution >= 4 is 25.1 Å². The molecule has 0 fully saturated rings. The van der Waals surface area contributed by atoms with Crippen LogP contribution in [0.4, 0.5) is 0 Å². The lowest BCUT2D eigenvalue weighted by atomic mass is 10.1. The average molecular weight is 314 g/mol. The van der Waals surface area contributed by atoms with Crippen LogP contribution in [0.3, 0.4) is 0 Å². The predicted octanol–water partition coefficient (Wildman–Crippen LogP) is 2.34. The molecule has 4 heteroatoms. The third-order valence-electron chi connectivity index (χ3n) is 2.98. The molecule has 0 amide bonds. The number of carbonyl (C=O) groups is 4. The maximum absolute atomic E-state index is 10.8. The number of rotatable bonds is 4. The van der Waals surface area contributed by atoms with E-state index in [0.29, 0.717) is 58.5 Å².